The quantitative estimate of drug-likeness (QED) is 0.506. The van der Waals surface area contributed by atoms with Gasteiger partial charge in [0.05, 0.1) is 32.4 Å². The van der Waals surface area contributed by atoms with E-state index in [4.69, 9.17) is 0 Å². The number of nitrogens with one attached hydrogen (secondary N) is 1. The molecule has 0 radical (unpaired) electrons. The lowest BCUT2D eigenvalue weighted by Gasteiger charge is -2.09. The van der Waals surface area contributed by atoms with Crippen LogP contribution < -0.4 is 10.3 Å². The summed E-state index contributed by atoms with van der Waals surface area (Å²) in [7, 11) is -3.71. The Balaban J connectivity index is 1.49. The summed E-state index contributed by atoms with van der Waals surface area (Å²) in [6.45, 7) is 2.01. The third kappa shape index (κ3) is 4.24. The SMILES string of the molecule is Cc1nc2ccc(S(=O)(=O)NCCn3nc(-c4cccnc4)ccc3=O)cc2s1. The molecule has 0 bridgehead atoms. The summed E-state index contributed by atoms with van der Waals surface area (Å²) >= 11 is 1.44. The van der Waals surface area contributed by atoms with Crippen LogP contribution >= 0.6 is 11.3 Å². The molecule has 0 saturated carbocycles. The molecular formula is C19H17N5O3S2. The maximum absolute atomic E-state index is 12.6. The number of thiazole rings is 1. The van der Waals surface area contributed by atoms with Gasteiger partial charge in [0.1, 0.15) is 0 Å². The summed E-state index contributed by atoms with van der Waals surface area (Å²) in [5.74, 6) is 0. The Bertz CT molecular complexity index is 1330. The van der Waals surface area contributed by atoms with E-state index in [0.29, 0.717) is 5.69 Å². The average molecular weight is 428 g/mol. The molecule has 0 atom stereocenters. The minimum Gasteiger partial charge on any atom is -0.268 e. The van der Waals surface area contributed by atoms with Crippen LogP contribution in [0.25, 0.3) is 21.5 Å². The van der Waals surface area contributed by atoms with Gasteiger partial charge in [-0.25, -0.2) is 22.8 Å². The number of nitrogens with zero attached hydrogens (tertiary/aromatic N) is 4. The molecule has 10 heteroatoms. The zero-order chi connectivity index (χ0) is 20.4. The Morgan fingerprint density at radius 2 is 2.03 bits per heavy atom. The molecule has 0 saturated heterocycles. The fraction of sp³-hybridized carbons (Fsp3) is 0.158. The smallest absolute Gasteiger partial charge is 0.266 e. The van der Waals surface area contributed by atoms with E-state index in [0.717, 1.165) is 20.8 Å². The summed E-state index contributed by atoms with van der Waals surface area (Å²) in [4.78, 5) is 20.6. The molecule has 0 aliphatic heterocycles. The Morgan fingerprint density at radius 3 is 2.83 bits per heavy atom. The van der Waals surface area contributed by atoms with Gasteiger partial charge < -0.3 is 0 Å². The van der Waals surface area contributed by atoms with Crippen molar-refractivity contribution in [2.75, 3.05) is 6.54 Å². The summed E-state index contributed by atoms with van der Waals surface area (Å²) in [5.41, 5.74) is 1.83. The van der Waals surface area contributed by atoms with Crippen molar-refractivity contribution in [1.82, 2.24) is 24.5 Å². The van der Waals surface area contributed by atoms with Crippen molar-refractivity contribution in [1.29, 1.82) is 0 Å². The second kappa shape index (κ2) is 7.82. The zero-order valence-corrected chi connectivity index (χ0v) is 17.1. The van der Waals surface area contributed by atoms with E-state index in [2.05, 4.69) is 19.8 Å². The first-order chi connectivity index (χ1) is 13.9. The molecule has 29 heavy (non-hydrogen) atoms. The Hall–Kier alpha value is -2.95. The van der Waals surface area contributed by atoms with Gasteiger partial charge >= 0.3 is 0 Å². The molecule has 1 aromatic carbocycles. The molecule has 4 aromatic rings. The lowest BCUT2D eigenvalue weighted by atomic mass is 10.2. The fourth-order valence-corrected chi connectivity index (χ4v) is 4.82. The maximum Gasteiger partial charge on any atom is 0.266 e. The van der Waals surface area contributed by atoms with Crippen LogP contribution in [-0.2, 0) is 16.6 Å². The number of pyridine rings is 1. The van der Waals surface area contributed by atoms with Crippen molar-refractivity contribution in [3.05, 3.63) is 70.2 Å². The summed E-state index contributed by atoms with van der Waals surface area (Å²) in [5, 5.41) is 5.18. The molecule has 1 N–H and O–H groups in total. The molecule has 148 valence electrons. The third-order valence-electron chi connectivity index (χ3n) is 4.22. The summed E-state index contributed by atoms with van der Waals surface area (Å²) in [6.07, 6.45) is 3.30. The van der Waals surface area contributed by atoms with Gasteiger partial charge in [-0.3, -0.25) is 9.78 Å². The van der Waals surface area contributed by atoms with Crippen LogP contribution in [0, 0.1) is 6.92 Å². The number of aryl methyl sites for hydroxylation is 1. The van der Waals surface area contributed by atoms with E-state index in [1.165, 1.54) is 28.2 Å². The van der Waals surface area contributed by atoms with E-state index < -0.39 is 10.0 Å². The Kier molecular flexibility index (Phi) is 5.22. The number of hydrogen-bond acceptors (Lipinski definition) is 7. The van der Waals surface area contributed by atoms with Crippen LogP contribution in [-0.4, -0.2) is 34.7 Å². The fourth-order valence-electron chi connectivity index (χ4n) is 2.83. The van der Waals surface area contributed by atoms with Gasteiger partial charge in [0.2, 0.25) is 10.0 Å². The molecule has 0 aliphatic carbocycles. The lowest BCUT2D eigenvalue weighted by molar-refractivity contribution is 0.549. The number of benzene rings is 1. The van der Waals surface area contributed by atoms with E-state index in [1.54, 1.807) is 36.7 Å². The van der Waals surface area contributed by atoms with Crippen molar-refractivity contribution in [2.45, 2.75) is 18.4 Å². The molecule has 3 aromatic heterocycles. The van der Waals surface area contributed by atoms with Gasteiger partial charge in [-0.2, -0.15) is 5.10 Å². The van der Waals surface area contributed by atoms with Crippen LogP contribution in [0.3, 0.4) is 0 Å². The summed E-state index contributed by atoms with van der Waals surface area (Å²) in [6, 6.07) is 11.5. The van der Waals surface area contributed by atoms with Crippen molar-refractivity contribution < 1.29 is 8.42 Å². The van der Waals surface area contributed by atoms with Gasteiger partial charge in [0.15, 0.2) is 0 Å². The van der Waals surface area contributed by atoms with Crippen LogP contribution in [0.2, 0.25) is 0 Å². The lowest BCUT2D eigenvalue weighted by Crippen LogP contribution is -2.32. The molecule has 0 aliphatic rings. The first-order valence-electron chi connectivity index (χ1n) is 8.78. The maximum atomic E-state index is 12.6. The predicted octanol–water partition coefficient (Wildman–Crippen LogP) is 2.20. The molecule has 3 heterocycles. The molecule has 0 unspecified atom stereocenters. The van der Waals surface area contributed by atoms with Crippen molar-refractivity contribution in [2.24, 2.45) is 0 Å². The number of hydrogen-bond donors (Lipinski definition) is 1. The minimum atomic E-state index is -3.71. The first-order valence-corrected chi connectivity index (χ1v) is 11.1. The molecular weight excluding hydrogens is 410 g/mol. The largest absolute Gasteiger partial charge is 0.268 e. The average Bonchev–Trinajstić information content (AvgIpc) is 3.09. The number of rotatable bonds is 6. The molecule has 8 nitrogen and oxygen atoms in total. The third-order valence-corrected chi connectivity index (χ3v) is 6.61. The predicted molar refractivity (Wildman–Crippen MR) is 111 cm³/mol. The van der Waals surface area contributed by atoms with Gasteiger partial charge in [0.25, 0.3) is 5.56 Å². The van der Waals surface area contributed by atoms with E-state index in [-0.39, 0.29) is 23.5 Å². The van der Waals surface area contributed by atoms with Crippen molar-refractivity contribution in [3.63, 3.8) is 0 Å². The first kappa shape index (κ1) is 19.4. The van der Waals surface area contributed by atoms with Crippen molar-refractivity contribution >= 4 is 31.6 Å². The number of fused-ring (bicyclic) bond motifs is 1. The highest BCUT2D eigenvalue weighted by Gasteiger charge is 2.15. The van der Waals surface area contributed by atoms with Crippen LogP contribution in [0.4, 0.5) is 0 Å². The zero-order valence-electron chi connectivity index (χ0n) is 15.4. The van der Waals surface area contributed by atoms with E-state index in [9.17, 15) is 13.2 Å². The van der Waals surface area contributed by atoms with E-state index in [1.807, 2.05) is 13.0 Å². The number of sulfonamides is 1. The highest BCUT2D eigenvalue weighted by molar-refractivity contribution is 7.89. The van der Waals surface area contributed by atoms with E-state index >= 15 is 0 Å². The monoisotopic (exact) mass is 427 g/mol. The molecule has 4 rings (SSSR count). The second-order valence-electron chi connectivity index (χ2n) is 6.28. The number of aromatic nitrogens is 4. The Labute approximate surface area is 170 Å². The van der Waals surface area contributed by atoms with Crippen molar-refractivity contribution in [3.8, 4) is 11.3 Å². The molecule has 0 amide bonds. The highest BCUT2D eigenvalue weighted by atomic mass is 32.2. The minimum absolute atomic E-state index is 0.0332. The molecule has 0 spiro atoms. The van der Waals surface area contributed by atoms with Crippen LogP contribution in [0.1, 0.15) is 5.01 Å². The van der Waals surface area contributed by atoms with Gasteiger partial charge in [-0.15, -0.1) is 11.3 Å². The Morgan fingerprint density at radius 1 is 1.17 bits per heavy atom. The normalized spacial score (nSPS) is 11.8. The van der Waals surface area contributed by atoms with Crippen LogP contribution in [0.5, 0.6) is 0 Å². The second-order valence-corrected chi connectivity index (χ2v) is 9.28. The highest BCUT2D eigenvalue weighted by Crippen LogP contribution is 2.24. The van der Waals surface area contributed by atoms with Gasteiger partial charge in [-0.1, -0.05) is 0 Å². The van der Waals surface area contributed by atoms with Crippen LogP contribution in [0.15, 0.2) is 64.5 Å². The standard InChI is InChI=1S/C19H17N5O3S2/c1-13-22-17-5-4-15(11-18(17)28-13)29(26,27)21-9-10-24-19(25)7-6-16(23-24)14-3-2-8-20-12-14/h2-8,11-12,21H,9-10H2,1H3. The summed E-state index contributed by atoms with van der Waals surface area (Å²) < 4.78 is 29.8. The topological polar surface area (TPSA) is 107 Å². The van der Waals surface area contributed by atoms with Gasteiger partial charge in [0, 0.05) is 30.6 Å². The van der Waals surface area contributed by atoms with Gasteiger partial charge in [-0.05, 0) is 43.3 Å². The molecule has 0 fully saturated rings.